The summed E-state index contributed by atoms with van der Waals surface area (Å²) < 4.78 is 68.2. The minimum atomic E-state index is -4.29. The molecule has 0 saturated carbocycles. The number of halogens is 4. The standard InChI is InChI=1S/C20H14Cl4N2O6S2/c1-31-11-3-7-13(8-4-11)33(27,28)25-19-15(21)17(23)20(18(24)16(19)22)26-34(29,30)14-9-5-12(32-2)6-10-14/h3-10H,1-2H3. The van der Waals surface area contributed by atoms with Gasteiger partial charge in [0.1, 0.15) is 22.9 Å². The smallest absolute Gasteiger partial charge is 0.282 e. The van der Waals surface area contributed by atoms with E-state index in [4.69, 9.17) is 55.9 Å². The van der Waals surface area contributed by atoms with E-state index in [-0.39, 0.29) is 9.79 Å². The van der Waals surface area contributed by atoms with E-state index >= 15 is 0 Å². The largest absolute Gasteiger partial charge is 0.497 e. The van der Waals surface area contributed by atoms with Gasteiger partial charge in [-0.05, 0) is 48.5 Å². The average molecular weight is 584 g/mol. The van der Waals surface area contributed by atoms with Crippen molar-refractivity contribution in [2.24, 2.45) is 8.80 Å². The molecule has 1 aliphatic rings. The number of nitrogens with zero attached hydrogens (tertiary/aromatic N) is 2. The molecule has 14 heteroatoms. The molecule has 0 saturated heterocycles. The molecule has 0 aromatic heterocycles. The van der Waals surface area contributed by atoms with E-state index in [1.54, 1.807) is 0 Å². The molecule has 0 N–H and O–H groups in total. The summed E-state index contributed by atoms with van der Waals surface area (Å²) in [6.07, 6.45) is 0. The monoisotopic (exact) mass is 582 g/mol. The molecule has 0 atom stereocenters. The fourth-order valence-corrected chi connectivity index (χ4v) is 5.83. The van der Waals surface area contributed by atoms with Crippen molar-refractivity contribution >= 4 is 77.9 Å². The van der Waals surface area contributed by atoms with Gasteiger partial charge in [-0.1, -0.05) is 46.4 Å². The summed E-state index contributed by atoms with van der Waals surface area (Å²) >= 11 is 24.8. The summed E-state index contributed by atoms with van der Waals surface area (Å²) in [6, 6.07) is 10.8. The molecule has 34 heavy (non-hydrogen) atoms. The number of rotatable bonds is 6. The van der Waals surface area contributed by atoms with Gasteiger partial charge < -0.3 is 9.47 Å². The van der Waals surface area contributed by atoms with Crippen LogP contribution in [0.2, 0.25) is 0 Å². The Morgan fingerprint density at radius 2 is 0.824 bits per heavy atom. The molecule has 0 spiro atoms. The van der Waals surface area contributed by atoms with Gasteiger partial charge >= 0.3 is 0 Å². The molecular formula is C20H14Cl4N2O6S2. The van der Waals surface area contributed by atoms with Gasteiger partial charge in [0, 0.05) is 0 Å². The Kier molecular flexibility index (Phi) is 8.01. The van der Waals surface area contributed by atoms with Crippen LogP contribution in [0, 0.1) is 0 Å². The first kappa shape index (κ1) is 26.5. The highest BCUT2D eigenvalue weighted by atomic mass is 35.5. The summed E-state index contributed by atoms with van der Waals surface area (Å²) in [5.74, 6) is 0.871. The van der Waals surface area contributed by atoms with Crippen molar-refractivity contribution in [2.75, 3.05) is 14.2 Å². The lowest BCUT2D eigenvalue weighted by atomic mass is 10.1. The minimum absolute atomic E-state index is 0.177. The number of ether oxygens (including phenoxy) is 2. The van der Waals surface area contributed by atoms with Gasteiger partial charge in [-0.2, -0.15) is 25.6 Å². The maximum atomic E-state index is 12.7. The summed E-state index contributed by atoms with van der Waals surface area (Å²) in [5.41, 5.74) is -0.926. The topological polar surface area (TPSA) is 111 Å². The lowest BCUT2D eigenvalue weighted by Crippen LogP contribution is -2.18. The highest BCUT2D eigenvalue weighted by Gasteiger charge is 2.32. The van der Waals surface area contributed by atoms with E-state index in [0.29, 0.717) is 11.5 Å². The molecule has 0 unspecified atom stereocenters. The Morgan fingerprint density at radius 1 is 0.559 bits per heavy atom. The van der Waals surface area contributed by atoms with Gasteiger partial charge in [0.15, 0.2) is 0 Å². The molecule has 8 nitrogen and oxygen atoms in total. The number of hydrogen-bond acceptors (Lipinski definition) is 6. The molecule has 180 valence electrons. The fraction of sp³-hybridized carbons (Fsp3) is 0.100. The summed E-state index contributed by atoms with van der Waals surface area (Å²) in [5, 5.41) is -1.79. The second-order valence-corrected chi connectivity index (χ2v) is 11.2. The lowest BCUT2D eigenvalue weighted by Gasteiger charge is -2.17. The maximum absolute atomic E-state index is 12.7. The van der Waals surface area contributed by atoms with Crippen molar-refractivity contribution in [1.29, 1.82) is 0 Å². The van der Waals surface area contributed by atoms with E-state index in [1.165, 1.54) is 62.8 Å². The third-order valence-corrected chi connectivity index (χ3v) is 8.60. The van der Waals surface area contributed by atoms with Crippen LogP contribution < -0.4 is 9.47 Å². The normalized spacial score (nSPS) is 14.9. The van der Waals surface area contributed by atoms with Crippen LogP contribution in [0.15, 0.2) is 87.2 Å². The van der Waals surface area contributed by atoms with Crippen molar-refractivity contribution in [3.63, 3.8) is 0 Å². The third kappa shape index (κ3) is 5.42. The number of methoxy groups -OCH3 is 2. The molecular weight excluding hydrogens is 570 g/mol. The van der Waals surface area contributed by atoms with Crippen molar-refractivity contribution < 1.29 is 26.3 Å². The van der Waals surface area contributed by atoms with Crippen LogP contribution in [0.25, 0.3) is 0 Å². The van der Waals surface area contributed by atoms with Crippen LogP contribution in [0.3, 0.4) is 0 Å². The Labute approximate surface area is 216 Å². The Morgan fingerprint density at radius 3 is 1.06 bits per heavy atom. The minimum Gasteiger partial charge on any atom is -0.497 e. The van der Waals surface area contributed by atoms with Crippen LogP contribution >= 0.6 is 46.4 Å². The highest BCUT2D eigenvalue weighted by molar-refractivity contribution is 7.90. The van der Waals surface area contributed by atoms with Gasteiger partial charge in [0.25, 0.3) is 20.0 Å². The van der Waals surface area contributed by atoms with Gasteiger partial charge in [0.05, 0.1) is 44.1 Å². The molecule has 0 bridgehead atoms. The van der Waals surface area contributed by atoms with Gasteiger partial charge in [-0.25, -0.2) is 0 Å². The number of allylic oxidation sites excluding steroid dienone is 4. The first-order valence-corrected chi connectivity index (χ1v) is 13.4. The molecule has 0 amide bonds. The van der Waals surface area contributed by atoms with E-state index < -0.39 is 51.6 Å². The average Bonchev–Trinajstić information content (AvgIpc) is 2.83. The quantitative estimate of drug-likeness (QED) is 0.440. The van der Waals surface area contributed by atoms with Crippen molar-refractivity contribution in [2.45, 2.75) is 9.79 Å². The molecule has 2 aromatic rings. The molecule has 0 aliphatic heterocycles. The van der Waals surface area contributed by atoms with E-state index in [1.807, 2.05) is 0 Å². The van der Waals surface area contributed by atoms with Crippen LogP contribution in [0.1, 0.15) is 0 Å². The zero-order valence-electron chi connectivity index (χ0n) is 17.3. The van der Waals surface area contributed by atoms with E-state index in [2.05, 4.69) is 8.80 Å². The van der Waals surface area contributed by atoms with Crippen molar-refractivity contribution in [3.05, 3.63) is 68.7 Å². The Hall–Kier alpha value is -2.08. The predicted molar refractivity (Wildman–Crippen MR) is 133 cm³/mol. The van der Waals surface area contributed by atoms with Crippen LogP contribution in [0.4, 0.5) is 0 Å². The zero-order valence-corrected chi connectivity index (χ0v) is 21.9. The zero-order chi connectivity index (χ0) is 25.3. The fourth-order valence-electron chi connectivity index (χ4n) is 2.61. The first-order valence-electron chi connectivity index (χ1n) is 9.01. The molecule has 0 fully saturated rings. The van der Waals surface area contributed by atoms with E-state index in [9.17, 15) is 16.8 Å². The van der Waals surface area contributed by atoms with Crippen LogP contribution in [0.5, 0.6) is 11.5 Å². The molecule has 1 aliphatic carbocycles. The van der Waals surface area contributed by atoms with E-state index in [0.717, 1.165) is 0 Å². The first-order chi connectivity index (χ1) is 15.9. The SMILES string of the molecule is COc1ccc(S(=O)(=O)N=C2C(Cl)=C(Cl)C(=NS(=O)(=O)c3ccc(OC)cc3)C(Cl)=C2Cl)cc1. The van der Waals surface area contributed by atoms with Crippen LogP contribution in [-0.2, 0) is 20.0 Å². The summed E-state index contributed by atoms with van der Waals surface area (Å²) in [7, 11) is -5.72. The lowest BCUT2D eigenvalue weighted by molar-refractivity contribution is 0.414. The Balaban J connectivity index is 2.07. The summed E-state index contributed by atoms with van der Waals surface area (Å²) in [4.78, 5) is -0.355. The maximum Gasteiger partial charge on any atom is 0.282 e. The Bertz CT molecular complexity index is 1320. The van der Waals surface area contributed by atoms with Crippen molar-refractivity contribution in [3.8, 4) is 11.5 Å². The van der Waals surface area contributed by atoms with Gasteiger partial charge in [-0.3, -0.25) is 0 Å². The molecule has 3 rings (SSSR count). The summed E-state index contributed by atoms with van der Waals surface area (Å²) in [6.45, 7) is 0. The predicted octanol–water partition coefficient (Wildman–Crippen LogP) is 5.06. The number of hydrogen-bond donors (Lipinski definition) is 0. The highest BCUT2D eigenvalue weighted by Crippen LogP contribution is 2.37. The molecule has 2 aromatic carbocycles. The van der Waals surface area contributed by atoms with Crippen LogP contribution in [-0.4, -0.2) is 42.5 Å². The van der Waals surface area contributed by atoms with Gasteiger partial charge in [0.2, 0.25) is 0 Å². The number of sulfonamides is 2. The molecule has 0 radical (unpaired) electrons. The van der Waals surface area contributed by atoms with Crippen molar-refractivity contribution in [1.82, 2.24) is 0 Å². The molecule has 0 heterocycles. The second-order valence-electron chi connectivity index (χ2n) is 6.44. The third-order valence-electron chi connectivity index (χ3n) is 4.35. The van der Waals surface area contributed by atoms with Gasteiger partial charge in [-0.15, -0.1) is 0 Å². The number of benzene rings is 2. The second kappa shape index (κ2) is 10.3.